The van der Waals surface area contributed by atoms with Crippen molar-refractivity contribution in [2.75, 3.05) is 26.1 Å². The Labute approximate surface area is 255 Å². The molecular formula is C30H26ClN5O6S. The van der Waals surface area contributed by atoms with Crippen molar-refractivity contribution in [2.24, 2.45) is 7.05 Å². The molecule has 0 amide bonds. The number of nitrogen functional groups attached to an aromatic ring is 1. The Kier molecular flexibility index (Phi) is 8.89. The number of aliphatic hydroxyl groups excluding tert-OH is 2. The van der Waals surface area contributed by atoms with Crippen molar-refractivity contribution >= 4 is 46.1 Å². The number of aliphatic hydroxyl groups is 2. The van der Waals surface area contributed by atoms with Gasteiger partial charge in [-0.15, -0.1) is 0 Å². The van der Waals surface area contributed by atoms with Crippen molar-refractivity contribution in [3.63, 3.8) is 0 Å². The van der Waals surface area contributed by atoms with E-state index in [0.717, 1.165) is 5.56 Å². The number of carbonyl (C=O) groups is 1. The Bertz CT molecular complexity index is 1830. The second-order valence-electron chi connectivity index (χ2n) is 9.40. The number of fused-ring (bicyclic) bond motifs is 1. The van der Waals surface area contributed by atoms with Gasteiger partial charge in [-0.05, 0) is 42.0 Å². The topological polar surface area (TPSA) is 170 Å². The van der Waals surface area contributed by atoms with E-state index in [1.165, 1.54) is 18.9 Å². The van der Waals surface area contributed by atoms with Gasteiger partial charge in [0.2, 0.25) is 5.89 Å². The third-order valence-corrected chi connectivity index (χ3v) is 7.87. The minimum Gasteiger partial charge on any atom is -0.491 e. The summed E-state index contributed by atoms with van der Waals surface area (Å²) >= 11 is 7.28. The molecule has 0 saturated heterocycles. The lowest BCUT2D eigenvalue weighted by Crippen LogP contribution is -2.21. The van der Waals surface area contributed by atoms with Gasteiger partial charge in [-0.1, -0.05) is 35.5 Å². The zero-order chi connectivity index (χ0) is 30.7. The summed E-state index contributed by atoms with van der Waals surface area (Å²) in [6.07, 6.45) is 0.530. The molecule has 0 fully saturated rings. The highest BCUT2D eigenvalue weighted by atomic mass is 35.5. The van der Waals surface area contributed by atoms with E-state index in [-0.39, 0.29) is 23.6 Å². The van der Waals surface area contributed by atoms with Crippen molar-refractivity contribution < 1.29 is 28.9 Å². The first-order chi connectivity index (χ1) is 20.7. The average molecular weight is 620 g/mol. The number of benzene rings is 2. The van der Waals surface area contributed by atoms with Gasteiger partial charge in [-0.25, -0.2) is 14.8 Å². The number of thioether (sulfide) groups is 1. The molecule has 0 bridgehead atoms. The van der Waals surface area contributed by atoms with Crippen molar-refractivity contribution in [1.29, 1.82) is 5.26 Å². The second-order valence-corrected chi connectivity index (χ2v) is 10.8. The number of rotatable bonds is 10. The Hall–Kier alpha value is -4.54. The fourth-order valence-electron chi connectivity index (χ4n) is 4.50. The maximum atomic E-state index is 12.7. The number of anilines is 1. The highest BCUT2D eigenvalue weighted by molar-refractivity contribution is 7.98. The van der Waals surface area contributed by atoms with Crippen LogP contribution in [0.25, 0.3) is 33.6 Å². The summed E-state index contributed by atoms with van der Waals surface area (Å²) in [5, 5.41) is 30.5. The number of ether oxygens (including phenoxy) is 2. The first-order valence-corrected chi connectivity index (χ1v) is 14.3. The van der Waals surface area contributed by atoms with Crippen molar-refractivity contribution in [3.8, 4) is 34.4 Å². The number of aromatic nitrogens is 3. The molecule has 4 N–H and O–H groups in total. The fraction of sp³-hybridized carbons (Fsp3) is 0.200. The van der Waals surface area contributed by atoms with Crippen LogP contribution < -0.4 is 10.5 Å². The van der Waals surface area contributed by atoms with E-state index in [1.807, 2.05) is 12.1 Å². The Morgan fingerprint density at radius 1 is 1.19 bits per heavy atom. The molecule has 3 aromatic heterocycles. The number of nitrogens with two attached hydrogens (primary N) is 1. The third-order valence-electron chi connectivity index (χ3n) is 6.61. The molecule has 5 aromatic rings. The van der Waals surface area contributed by atoms with Crippen molar-refractivity contribution in [1.82, 2.24) is 14.5 Å². The van der Waals surface area contributed by atoms with E-state index < -0.39 is 18.7 Å². The molecule has 0 aliphatic carbocycles. The van der Waals surface area contributed by atoms with Crippen LogP contribution in [0.5, 0.6) is 5.75 Å². The molecule has 11 nitrogen and oxygen atoms in total. The lowest BCUT2D eigenvalue weighted by molar-refractivity contribution is 0.0536. The van der Waals surface area contributed by atoms with Gasteiger partial charge >= 0.3 is 5.97 Å². The molecule has 5 rings (SSSR count). The highest BCUT2D eigenvalue weighted by Crippen LogP contribution is 2.42. The van der Waals surface area contributed by atoms with Gasteiger partial charge in [-0.2, -0.15) is 5.26 Å². The number of halogens is 1. The molecule has 1 atom stereocenters. The van der Waals surface area contributed by atoms with E-state index in [2.05, 4.69) is 11.1 Å². The quantitative estimate of drug-likeness (QED) is 0.145. The largest absolute Gasteiger partial charge is 0.491 e. The van der Waals surface area contributed by atoms with Crippen LogP contribution in [-0.4, -0.2) is 57.1 Å². The van der Waals surface area contributed by atoms with Crippen molar-refractivity contribution in [3.05, 3.63) is 76.8 Å². The van der Waals surface area contributed by atoms with E-state index >= 15 is 0 Å². The number of nitrogens with zero attached hydrogens (tertiary/aromatic N) is 4. The number of carbonyl (C=O) groups excluding carboxylic acids is 1. The average Bonchev–Trinajstić information content (AvgIpc) is 3.60. The number of oxazole rings is 1. The molecule has 0 spiro atoms. The van der Waals surface area contributed by atoms with Crippen LogP contribution in [0, 0.1) is 11.3 Å². The van der Waals surface area contributed by atoms with Gasteiger partial charge in [0.25, 0.3) is 0 Å². The SMILES string of the molecule is COC(=O)c1c(N)c2c(-c3ccc(OC[C@@H](O)CO)cc3)c(C#N)c(SCc3coc(-c4ccc(Cl)cc4)n3)nc2n1C. The highest BCUT2D eigenvalue weighted by Gasteiger charge is 2.27. The van der Waals surface area contributed by atoms with Gasteiger partial charge in [0.1, 0.15) is 41.5 Å². The number of aryl methyl sites for hydroxylation is 1. The standard InChI is InChI=1S/C30H26ClN5O6S/c1-36-26(30(39)40-2)25(33)24-23(16-5-9-21(10-6-16)41-14-20(38)12-37)22(11-32)29(35-27(24)36)43-15-19-13-42-28(34-19)17-3-7-18(31)8-4-17/h3-10,13,20,37-38H,12,14-15,33H2,1-2H3/t20-/m0/s1. The van der Waals surface area contributed by atoms with E-state index in [4.69, 9.17) is 41.3 Å². The molecule has 0 saturated carbocycles. The zero-order valence-electron chi connectivity index (χ0n) is 23.1. The summed E-state index contributed by atoms with van der Waals surface area (Å²) in [5.74, 6) is 0.588. The maximum absolute atomic E-state index is 12.7. The van der Waals surface area contributed by atoms with Crippen LogP contribution in [0.3, 0.4) is 0 Å². The molecular weight excluding hydrogens is 594 g/mol. The van der Waals surface area contributed by atoms with E-state index in [9.17, 15) is 15.2 Å². The molecule has 0 radical (unpaired) electrons. The Morgan fingerprint density at radius 2 is 1.88 bits per heavy atom. The monoisotopic (exact) mass is 619 g/mol. The van der Waals surface area contributed by atoms with Gasteiger partial charge in [0.15, 0.2) is 5.69 Å². The second kappa shape index (κ2) is 12.8. The molecule has 0 aliphatic heterocycles. The Morgan fingerprint density at radius 3 is 2.53 bits per heavy atom. The zero-order valence-corrected chi connectivity index (χ0v) is 24.6. The lowest BCUT2D eigenvalue weighted by atomic mass is 9.98. The maximum Gasteiger partial charge on any atom is 0.356 e. The first kappa shape index (κ1) is 29.9. The number of nitriles is 1. The van der Waals surface area contributed by atoms with Gasteiger partial charge < -0.3 is 34.4 Å². The Balaban J connectivity index is 1.57. The molecule has 220 valence electrons. The summed E-state index contributed by atoms with van der Waals surface area (Å²) in [4.78, 5) is 22.0. The van der Waals surface area contributed by atoms with Crippen LogP contribution in [0.1, 0.15) is 21.7 Å². The molecule has 13 heteroatoms. The minimum absolute atomic E-state index is 0.0878. The van der Waals surface area contributed by atoms with Gasteiger partial charge in [0, 0.05) is 29.0 Å². The van der Waals surface area contributed by atoms with Gasteiger partial charge in [-0.3, -0.25) is 0 Å². The van der Waals surface area contributed by atoms with E-state index in [0.29, 0.717) is 55.3 Å². The number of hydrogen-bond acceptors (Lipinski definition) is 11. The number of methoxy groups -OCH3 is 1. The van der Waals surface area contributed by atoms with Gasteiger partial charge in [0.05, 0.1) is 36.0 Å². The number of hydrogen-bond donors (Lipinski definition) is 3. The fourth-order valence-corrected chi connectivity index (χ4v) is 5.48. The molecule has 0 unspecified atom stereocenters. The van der Waals surface area contributed by atoms with Crippen molar-refractivity contribution in [2.45, 2.75) is 16.9 Å². The predicted molar refractivity (Wildman–Crippen MR) is 162 cm³/mol. The number of pyridine rings is 1. The lowest BCUT2D eigenvalue weighted by Gasteiger charge is -2.13. The molecule has 2 aromatic carbocycles. The van der Waals surface area contributed by atoms with Crippen LogP contribution in [-0.2, 0) is 17.5 Å². The number of esters is 1. The molecule has 0 aliphatic rings. The molecule has 43 heavy (non-hydrogen) atoms. The normalized spacial score (nSPS) is 11.8. The van der Waals surface area contributed by atoms with Crippen LogP contribution in [0.4, 0.5) is 5.69 Å². The smallest absolute Gasteiger partial charge is 0.356 e. The van der Waals surface area contributed by atoms with Crippen LogP contribution >= 0.6 is 23.4 Å². The summed E-state index contributed by atoms with van der Waals surface area (Å²) in [7, 11) is 2.92. The third kappa shape index (κ3) is 6.02. The predicted octanol–water partition coefficient (Wildman–Crippen LogP) is 4.81. The summed E-state index contributed by atoms with van der Waals surface area (Å²) < 4.78 is 17.7. The first-order valence-electron chi connectivity index (χ1n) is 12.9. The summed E-state index contributed by atoms with van der Waals surface area (Å²) in [5.41, 5.74) is 9.92. The molecule has 3 heterocycles. The minimum atomic E-state index is -1.02. The summed E-state index contributed by atoms with van der Waals surface area (Å²) in [6.45, 7) is -0.513. The van der Waals surface area contributed by atoms with Crippen LogP contribution in [0.2, 0.25) is 5.02 Å². The van der Waals surface area contributed by atoms with E-state index in [1.54, 1.807) is 54.3 Å². The summed E-state index contributed by atoms with van der Waals surface area (Å²) in [6, 6.07) is 16.2. The van der Waals surface area contributed by atoms with Crippen LogP contribution in [0.15, 0.2) is 64.2 Å².